The Morgan fingerprint density at radius 2 is 1.76 bits per heavy atom. The standard InChI is InChI=1S/C16H21ClN2O2/c1-11-8-9-12(17)10-14(11)19-16(21)15(20)18-13-6-4-2-3-5-7-13/h8-10,13H,2-7H2,1H3,(H,18,20)(H,19,21). The van der Waals surface area contributed by atoms with Crippen LogP contribution in [-0.4, -0.2) is 17.9 Å². The molecule has 1 fully saturated rings. The van der Waals surface area contributed by atoms with Gasteiger partial charge in [0, 0.05) is 16.8 Å². The lowest BCUT2D eigenvalue weighted by Gasteiger charge is -2.16. The summed E-state index contributed by atoms with van der Waals surface area (Å²) in [6, 6.07) is 5.32. The van der Waals surface area contributed by atoms with Crippen molar-refractivity contribution in [1.29, 1.82) is 0 Å². The molecule has 0 radical (unpaired) electrons. The van der Waals surface area contributed by atoms with Crippen LogP contribution in [0.5, 0.6) is 0 Å². The van der Waals surface area contributed by atoms with Gasteiger partial charge in [-0.1, -0.05) is 43.4 Å². The minimum absolute atomic E-state index is 0.117. The fourth-order valence-electron chi connectivity index (χ4n) is 2.58. The molecule has 0 heterocycles. The van der Waals surface area contributed by atoms with Crippen molar-refractivity contribution < 1.29 is 9.59 Å². The van der Waals surface area contributed by atoms with Gasteiger partial charge in [-0.05, 0) is 37.5 Å². The molecular formula is C16H21ClN2O2. The molecule has 21 heavy (non-hydrogen) atoms. The number of nitrogens with one attached hydrogen (secondary N) is 2. The lowest BCUT2D eigenvalue weighted by Crippen LogP contribution is -2.41. The summed E-state index contributed by atoms with van der Waals surface area (Å²) < 4.78 is 0. The summed E-state index contributed by atoms with van der Waals surface area (Å²) in [4.78, 5) is 23.9. The van der Waals surface area contributed by atoms with Gasteiger partial charge < -0.3 is 10.6 Å². The zero-order chi connectivity index (χ0) is 15.2. The summed E-state index contributed by atoms with van der Waals surface area (Å²) in [5, 5.41) is 5.98. The van der Waals surface area contributed by atoms with Crippen molar-refractivity contribution in [2.75, 3.05) is 5.32 Å². The van der Waals surface area contributed by atoms with Crippen LogP contribution in [-0.2, 0) is 9.59 Å². The quantitative estimate of drug-likeness (QED) is 0.649. The van der Waals surface area contributed by atoms with Gasteiger partial charge in [0.2, 0.25) is 0 Å². The van der Waals surface area contributed by atoms with Crippen LogP contribution in [0.3, 0.4) is 0 Å². The highest BCUT2D eigenvalue weighted by atomic mass is 35.5. The summed E-state index contributed by atoms with van der Waals surface area (Å²) in [6.45, 7) is 1.86. The van der Waals surface area contributed by atoms with E-state index in [-0.39, 0.29) is 6.04 Å². The molecule has 1 aliphatic carbocycles. The highest BCUT2D eigenvalue weighted by Gasteiger charge is 2.20. The zero-order valence-electron chi connectivity index (χ0n) is 12.2. The molecule has 2 N–H and O–H groups in total. The molecule has 1 aliphatic rings. The number of aryl methyl sites for hydroxylation is 1. The monoisotopic (exact) mass is 308 g/mol. The number of amides is 2. The van der Waals surface area contributed by atoms with E-state index in [1.807, 2.05) is 6.92 Å². The molecular weight excluding hydrogens is 288 g/mol. The fourth-order valence-corrected chi connectivity index (χ4v) is 2.75. The van der Waals surface area contributed by atoms with E-state index >= 15 is 0 Å². The first-order valence-corrected chi connectivity index (χ1v) is 7.82. The lowest BCUT2D eigenvalue weighted by atomic mass is 10.1. The van der Waals surface area contributed by atoms with Crippen LogP contribution in [0.4, 0.5) is 5.69 Å². The van der Waals surface area contributed by atoms with Crippen molar-refractivity contribution in [3.05, 3.63) is 28.8 Å². The average Bonchev–Trinajstić information content (AvgIpc) is 2.71. The molecule has 2 amide bonds. The second-order valence-electron chi connectivity index (χ2n) is 5.58. The zero-order valence-corrected chi connectivity index (χ0v) is 13.0. The molecule has 5 heteroatoms. The molecule has 0 saturated heterocycles. The number of benzene rings is 1. The molecule has 4 nitrogen and oxygen atoms in total. The van der Waals surface area contributed by atoms with Crippen molar-refractivity contribution >= 4 is 29.1 Å². The Hall–Kier alpha value is -1.55. The second kappa shape index (κ2) is 7.46. The Morgan fingerprint density at radius 3 is 2.43 bits per heavy atom. The van der Waals surface area contributed by atoms with E-state index < -0.39 is 11.8 Å². The Bertz CT molecular complexity index is 523. The van der Waals surface area contributed by atoms with Gasteiger partial charge in [-0.25, -0.2) is 0 Å². The maximum Gasteiger partial charge on any atom is 0.313 e. The first-order valence-electron chi connectivity index (χ1n) is 7.44. The van der Waals surface area contributed by atoms with Crippen LogP contribution in [0, 0.1) is 6.92 Å². The third-order valence-corrected chi connectivity index (χ3v) is 4.08. The van der Waals surface area contributed by atoms with E-state index in [9.17, 15) is 9.59 Å². The van der Waals surface area contributed by atoms with E-state index in [4.69, 9.17) is 11.6 Å². The van der Waals surface area contributed by atoms with Crippen molar-refractivity contribution in [3.8, 4) is 0 Å². The van der Waals surface area contributed by atoms with Gasteiger partial charge in [-0.2, -0.15) is 0 Å². The maximum atomic E-state index is 12.0. The van der Waals surface area contributed by atoms with Gasteiger partial charge in [-0.15, -0.1) is 0 Å². The third kappa shape index (κ3) is 4.74. The Kier molecular flexibility index (Phi) is 5.62. The molecule has 1 saturated carbocycles. The summed E-state index contributed by atoms with van der Waals surface area (Å²) in [6.07, 6.45) is 6.55. The van der Waals surface area contributed by atoms with Gasteiger partial charge in [0.15, 0.2) is 0 Å². The molecule has 0 atom stereocenters. The summed E-state index contributed by atoms with van der Waals surface area (Å²) in [7, 11) is 0. The Morgan fingerprint density at radius 1 is 1.10 bits per heavy atom. The van der Waals surface area contributed by atoms with Crippen molar-refractivity contribution in [1.82, 2.24) is 5.32 Å². The summed E-state index contributed by atoms with van der Waals surface area (Å²) >= 11 is 5.90. The predicted molar refractivity (Wildman–Crippen MR) is 84.5 cm³/mol. The number of carbonyl (C=O) groups is 2. The number of rotatable bonds is 2. The average molecular weight is 309 g/mol. The highest BCUT2D eigenvalue weighted by molar-refractivity contribution is 6.40. The molecule has 0 aromatic heterocycles. The van der Waals surface area contributed by atoms with Gasteiger partial charge >= 0.3 is 11.8 Å². The van der Waals surface area contributed by atoms with Crippen LogP contribution >= 0.6 is 11.6 Å². The van der Waals surface area contributed by atoms with E-state index in [2.05, 4.69) is 10.6 Å². The van der Waals surface area contributed by atoms with Gasteiger partial charge in [0.1, 0.15) is 0 Å². The number of anilines is 1. The Balaban J connectivity index is 1.92. The second-order valence-corrected chi connectivity index (χ2v) is 6.01. The Labute approximate surface area is 130 Å². The topological polar surface area (TPSA) is 58.2 Å². The van der Waals surface area contributed by atoms with E-state index in [1.165, 1.54) is 12.8 Å². The van der Waals surface area contributed by atoms with Crippen LogP contribution in [0.25, 0.3) is 0 Å². The fraction of sp³-hybridized carbons (Fsp3) is 0.500. The number of hydrogen-bond donors (Lipinski definition) is 2. The third-order valence-electron chi connectivity index (χ3n) is 3.84. The number of carbonyl (C=O) groups excluding carboxylic acids is 2. The van der Waals surface area contributed by atoms with Crippen LogP contribution in [0.1, 0.15) is 44.1 Å². The minimum Gasteiger partial charge on any atom is -0.345 e. The normalized spacial score (nSPS) is 16.1. The van der Waals surface area contributed by atoms with E-state index in [0.717, 1.165) is 31.2 Å². The number of halogens is 1. The number of hydrogen-bond acceptors (Lipinski definition) is 2. The SMILES string of the molecule is Cc1ccc(Cl)cc1NC(=O)C(=O)NC1CCCCCC1. The van der Waals surface area contributed by atoms with Crippen molar-refractivity contribution in [2.45, 2.75) is 51.5 Å². The molecule has 2 rings (SSSR count). The summed E-state index contributed by atoms with van der Waals surface area (Å²) in [5.74, 6) is -1.20. The smallest absolute Gasteiger partial charge is 0.313 e. The van der Waals surface area contributed by atoms with E-state index in [1.54, 1.807) is 18.2 Å². The molecule has 114 valence electrons. The van der Waals surface area contributed by atoms with E-state index in [0.29, 0.717) is 10.7 Å². The molecule has 0 aliphatic heterocycles. The molecule has 0 unspecified atom stereocenters. The van der Waals surface area contributed by atoms with Crippen LogP contribution < -0.4 is 10.6 Å². The first-order chi connectivity index (χ1) is 10.1. The highest BCUT2D eigenvalue weighted by Crippen LogP contribution is 2.20. The van der Waals surface area contributed by atoms with Gasteiger partial charge in [0.05, 0.1) is 0 Å². The van der Waals surface area contributed by atoms with Gasteiger partial charge in [0.25, 0.3) is 0 Å². The van der Waals surface area contributed by atoms with Crippen molar-refractivity contribution in [2.24, 2.45) is 0 Å². The van der Waals surface area contributed by atoms with Crippen LogP contribution in [0.2, 0.25) is 5.02 Å². The van der Waals surface area contributed by atoms with Gasteiger partial charge in [-0.3, -0.25) is 9.59 Å². The minimum atomic E-state index is -0.635. The largest absolute Gasteiger partial charge is 0.345 e. The molecule has 1 aromatic rings. The predicted octanol–water partition coefficient (Wildman–Crippen LogP) is 3.43. The first kappa shape index (κ1) is 15.8. The molecule has 0 bridgehead atoms. The summed E-state index contributed by atoms with van der Waals surface area (Å²) in [5.41, 5.74) is 1.44. The molecule has 1 aromatic carbocycles. The lowest BCUT2D eigenvalue weighted by molar-refractivity contribution is -0.136. The van der Waals surface area contributed by atoms with Crippen LogP contribution in [0.15, 0.2) is 18.2 Å². The molecule has 0 spiro atoms. The maximum absolute atomic E-state index is 12.0. The van der Waals surface area contributed by atoms with Crippen molar-refractivity contribution in [3.63, 3.8) is 0 Å².